The van der Waals surface area contributed by atoms with Crippen molar-refractivity contribution in [2.45, 2.75) is 0 Å². The highest BCUT2D eigenvalue weighted by Crippen LogP contribution is 2.38. The van der Waals surface area contributed by atoms with E-state index in [0.717, 1.165) is 4.90 Å². The molecule has 0 spiro atoms. The highest BCUT2D eigenvalue weighted by atomic mass is 35.5. The number of benzene rings is 2. The summed E-state index contributed by atoms with van der Waals surface area (Å²) in [6.45, 7) is 0. The Kier molecular flexibility index (Phi) is 3.63. The number of fused-ring (bicyclic) bond motifs is 1. The summed E-state index contributed by atoms with van der Waals surface area (Å²) in [6, 6.07) is 11.7. The predicted octanol–water partition coefficient (Wildman–Crippen LogP) is 4.19. The van der Waals surface area contributed by atoms with E-state index in [1.807, 2.05) is 0 Å². The van der Waals surface area contributed by atoms with Crippen LogP contribution in [0.5, 0.6) is 0 Å². The molecular formula is C18H11Cl2N3O2. The summed E-state index contributed by atoms with van der Waals surface area (Å²) in [7, 11) is 1.72. The third-order valence-corrected chi connectivity index (χ3v) is 4.58. The molecular weight excluding hydrogens is 361 g/mol. The number of amides is 2. The van der Waals surface area contributed by atoms with E-state index in [1.165, 1.54) is 0 Å². The third kappa shape index (κ3) is 2.44. The van der Waals surface area contributed by atoms with Crippen LogP contribution >= 0.6 is 23.2 Å². The van der Waals surface area contributed by atoms with E-state index >= 15 is 0 Å². The summed E-state index contributed by atoms with van der Waals surface area (Å²) in [4.78, 5) is 26.6. The molecule has 2 heterocycles. The van der Waals surface area contributed by atoms with Crippen molar-refractivity contribution >= 4 is 40.7 Å². The Morgan fingerprint density at radius 1 is 0.920 bits per heavy atom. The lowest BCUT2D eigenvalue weighted by atomic mass is 10.1. The van der Waals surface area contributed by atoms with Gasteiger partial charge in [0.1, 0.15) is 5.69 Å². The van der Waals surface area contributed by atoms with Crippen LogP contribution in [0.25, 0.3) is 11.3 Å². The number of carbonyl (C=O) groups is 2. The summed E-state index contributed by atoms with van der Waals surface area (Å²) < 4.78 is 1.54. The number of nitrogens with zero attached hydrogens (tertiary/aromatic N) is 3. The fourth-order valence-corrected chi connectivity index (χ4v) is 3.42. The van der Waals surface area contributed by atoms with Gasteiger partial charge >= 0.3 is 0 Å². The van der Waals surface area contributed by atoms with Gasteiger partial charge in [-0.1, -0.05) is 35.3 Å². The molecule has 0 aliphatic carbocycles. The highest BCUT2D eigenvalue weighted by molar-refractivity contribution is 6.37. The molecule has 0 fully saturated rings. The molecule has 7 heteroatoms. The van der Waals surface area contributed by atoms with E-state index < -0.39 is 0 Å². The largest absolute Gasteiger partial charge is 0.273 e. The minimum atomic E-state index is -0.375. The quantitative estimate of drug-likeness (QED) is 0.634. The SMILES string of the molecule is Cn1cc(N2C(=O)c3ccccc3C2=O)c(-c2ccc(Cl)cc2Cl)n1. The molecule has 25 heavy (non-hydrogen) atoms. The number of carbonyl (C=O) groups excluding carboxylic acids is 2. The van der Waals surface area contributed by atoms with Crippen LogP contribution in [-0.2, 0) is 7.05 Å². The maximum Gasteiger partial charge on any atom is 0.266 e. The molecule has 2 amide bonds. The molecule has 1 aromatic heterocycles. The van der Waals surface area contributed by atoms with E-state index in [1.54, 1.807) is 60.4 Å². The first kappa shape index (κ1) is 15.9. The van der Waals surface area contributed by atoms with Gasteiger partial charge in [-0.2, -0.15) is 5.10 Å². The molecule has 0 bridgehead atoms. The smallest absolute Gasteiger partial charge is 0.266 e. The molecule has 0 saturated carbocycles. The fraction of sp³-hybridized carbons (Fsp3) is 0.0556. The lowest BCUT2D eigenvalue weighted by Crippen LogP contribution is -2.29. The molecule has 3 aromatic rings. The number of rotatable bonds is 2. The molecule has 1 aliphatic heterocycles. The van der Waals surface area contributed by atoms with Gasteiger partial charge in [-0.05, 0) is 30.3 Å². The first-order valence-corrected chi connectivity index (χ1v) is 8.20. The van der Waals surface area contributed by atoms with Gasteiger partial charge in [-0.15, -0.1) is 0 Å². The second kappa shape index (κ2) is 5.72. The van der Waals surface area contributed by atoms with Gasteiger partial charge in [0.05, 0.1) is 21.8 Å². The van der Waals surface area contributed by atoms with E-state index in [4.69, 9.17) is 23.2 Å². The van der Waals surface area contributed by atoms with E-state index in [-0.39, 0.29) is 11.8 Å². The van der Waals surface area contributed by atoms with Crippen LogP contribution in [0.1, 0.15) is 20.7 Å². The second-order valence-corrected chi connectivity index (χ2v) is 6.50. The van der Waals surface area contributed by atoms with Gasteiger partial charge in [-0.3, -0.25) is 14.3 Å². The minimum Gasteiger partial charge on any atom is -0.273 e. The van der Waals surface area contributed by atoms with Gasteiger partial charge in [0.2, 0.25) is 0 Å². The van der Waals surface area contributed by atoms with E-state index in [2.05, 4.69) is 5.10 Å². The molecule has 0 unspecified atom stereocenters. The predicted molar refractivity (Wildman–Crippen MR) is 96.2 cm³/mol. The topological polar surface area (TPSA) is 55.2 Å². The second-order valence-electron chi connectivity index (χ2n) is 5.65. The van der Waals surface area contributed by atoms with E-state index in [9.17, 15) is 9.59 Å². The summed E-state index contributed by atoms with van der Waals surface area (Å²) >= 11 is 12.2. The van der Waals surface area contributed by atoms with Crippen LogP contribution in [0.3, 0.4) is 0 Å². The van der Waals surface area contributed by atoms with Crippen molar-refractivity contribution in [2.75, 3.05) is 4.90 Å². The average molecular weight is 372 g/mol. The molecule has 5 nitrogen and oxygen atoms in total. The molecule has 0 saturated heterocycles. The molecule has 0 radical (unpaired) electrons. The van der Waals surface area contributed by atoms with Crippen molar-refractivity contribution < 1.29 is 9.59 Å². The van der Waals surface area contributed by atoms with Crippen molar-refractivity contribution in [3.8, 4) is 11.3 Å². The van der Waals surface area contributed by atoms with Crippen LogP contribution < -0.4 is 4.90 Å². The zero-order valence-electron chi connectivity index (χ0n) is 13.0. The third-order valence-electron chi connectivity index (χ3n) is 4.03. The standard InChI is InChI=1S/C18H11Cl2N3O2/c1-22-9-15(16(21-22)13-7-6-10(19)8-14(13)20)23-17(24)11-4-2-3-5-12(11)18(23)25/h2-9H,1H3. The van der Waals surface area contributed by atoms with E-state index in [0.29, 0.717) is 38.1 Å². The molecule has 0 atom stereocenters. The number of hydrogen-bond donors (Lipinski definition) is 0. The normalized spacial score (nSPS) is 13.5. The Morgan fingerprint density at radius 2 is 1.56 bits per heavy atom. The van der Waals surface area contributed by atoms with Crippen LogP contribution in [0, 0.1) is 0 Å². The molecule has 124 valence electrons. The zero-order valence-corrected chi connectivity index (χ0v) is 14.5. The molecule has 4 rings (SSSR count). The number of imide groups is 1. The highest BCUT2D eigenvalue weighted by Gasteiger charge is 2.38. The van der Waals surface area contributed by atoms with Gasteiger partial charge in [0, 0.05) is 23.8 Å². The number of hydrogen-bond acceptors (Lipinski definition) is 3. The monoisotopic (exact) mass is 371 g/mol. The Balaban J connectivity index is 1.89. The van der Waals surface area contributed by atoms with Gasteiger partial charge in [0.25, 0.3) is 11.8 Å². The summed E-state index contributed by atoms with van der Waals surface area (Å²) in [5.74, 6) is -0.750. The van der Waals surface area contributed by atoms with Crippen LogP contribution in [0.4, 0.5) is 5.69 Å². The Hall–Kier alpha value is -2.63. The maximum absolute atomic E-state index is 12.8. The first-order chi connectivity index (χ1) is 12.0. The van der Waals surface area contributed by atoms with Crippen molar-refractivity contribution in [3.05, 3.63) is 69.8 Å². The Bertz CT molecular complexity index is 1010. The van der Waals surface area contributed by atoms with Crippen LogP contribution in [-0.4, -0.2) is 21.6 Å². The zero-order chi connectivity index (χ0) is 17.7. The molecule has 2 aromatic carbocycles. The van der Waals surface area contributed by atoms with Gasteiger partial charge in [0.15, 0.2) is 0 Å². The summed E-state index contributed by atoms with van der Waals surface area (Å²) in [5, 5.41) is 5.28. The van der Waals surface area contributed by atoms with Gasteiger partial charge in [-0.25, -0.2) is 4.90 Å². The van der Waals surface area contributed by atoms with Crippen molar-refractivity contribution in [2.24, 2.45) is 7.05 Å². The molecule has 0 N–H and O–H groups in total. The van der Waals surface area contributed by atoms with Crippen LogP contribution in [0.2, 0.25) is 10.0 Å². The number of halogens is 2. The average Bonchev–Trinajstić information content (AvgIpc) is 3.06. The number of anilines is 1. The fourth-order valence-electron chi connectivity index (χ4n) is 2.92. The van der Waals surface area contributed by atoms with Crippen molar-refractivity contribution in [1.29, 1.82) is 0 Å². The first-order valence-electron chi connectivity index (χ1n) is 7.44. The lowest BCUT2D eigenvalue weighted by molar-refractivity contribution is 0.0926. The summed E-state index contributed by atoms with van der Waals surface area (Å²) in [5.41, 5.74) is 2.18. The molecule has 1 aliphatic rings. The number of aromatic nitrogens is 2. The number of aryl methyl sites for hydroxylation is 1. The van der Waals surface area contributed by atoms with Gasteiger partial charge < -0.3 is 0 Å². The maximum atomic E-state index is 12.8. The van der Waals surface area contributed by atoms with Crippen LogP contribution in [0.15, 0.2) is 48.7 Å². The Morgan fingerprint density at radius 3 is 2.16 bits per heavy atom. The van der Waals surface area contributed by atoms with Crippen molar-refractivity contribution in [1.82, 2.24) is 9.78 Å². The lowest BCUT2D eigenvalue weighted by Gasteiger charge is -2.14. The Labute approximate surface area is 153 Å². The minimum absolute atomic E-state index is 0.375. The summed E-state index contributed by atoms with van der Waals surface area (Å²) in [6.07, 6.45) is 1.63. The van der Waals surface area contributed by atoms with Crippen molar-refractivity contribution in [3.63, 3.8) is 0 Å².